The van der Waals surface area contributed by atoms with Crippen molar-refractivity contribution in [3.63, 3.8) is 0 Å². The lowest BCUT2D eigenvalue weighted by atomic mass is 9.97. The first-order chi connectivity index (χ1) is 10.4. The molecule has 0 radical (unpaired) electrons. The summed E-state index contributed by atoms with van der Waals surface area (Å²) in [7, 11) is 0. The second kappa shape index (κ2) is 9.01. The molecular formula is C13H24N2O7. The van der Waals surface area contributed by atoms with E-state index in [-0.39, 0.29) is 13.0 Å². The SMILES string of the molecule is CC(=O)N[C@H]1[C@H](OCCCCC(N)=O)O[C@H](CO)[C@H](O)[C@@H]1O. The van der Waals surface area contributed by atoms with Crippen molar-refractivity contribution in [1.82, 2.24) is 5.32 Å². The van der Waals surface area contributed by atoms with Gasteiger partial charge in [0, 0.05) is 20.0 Å². The van der Waals surface area contributed by atoms with Crippen molar-refractivity contribution >= 4 is 11.8 Å². The van der Waals surface area contributed by atoms with E-state index in [0.717, 1.165) is 0 Å². The van der Waals surface area contributed by atoms with Crippen molar-refractivity contribution in [2.24, 2.45) is 5.73 Å². The number of carbonyl (C=O) groups is 2. The summed E-state index contributed by atoms with van der Waals surface area (Å²) in [6.07, 6.45) is -3.35. The van der Waals surface area contributed by atoms with Gasteiger partial charge < -0.3 is 35.8 Å². The fraction of sp³-hybridized carbons (Fsp3) is 0.846. The Hall–Kier alpha value is -1.26. The van der Waals surface area contributed by atoms with Gasteiger partial charge in [0.25, 0.3) is 0 Å². The topological polar surface area (TPSA) is 151 Å². The molecule has 0 saturated carbocycles. The van der Waals surface area contributed by atoms with Crippen molar-refractivity contribution in [1.29, 1.82) is 0 Å². The summed E-state index contributed by atoms with van der Waals surface area (Å²) in [4.78, 5) is 21.8. The van der Waals surface area contributed by atoms with E-state index in [2.05, 4.69) is 5.32 Å². The summed E-state index contributed by atoms with van der Waals surface area (Å²) in [6, 6.07) is -0.952. The molecule has 22 heavy (non-hydrogen) atoms. The number of unbranched alkanes of at least 4 members (excludes halogenated alkanes) is 1. The zero-order valence-electron chi connectivity index (χ0n) is 12.5. The van der Waals surface area contributed by atoms with E-state index in [1.54, 1.807) is 0 Å². The number of rotatable bonds is 8. The lowest BCUT2D eigenvalue weighted by molar-refractivity contribution is -0.270. The molecule has 0 aromatic rings. The number of amides is 2. The van der Waals surface area contributed by atoms with Gasteiger partial charge in [0.2, 0.25) is 11.8 Å². The third kappa shape index (κ3) is 5.50. The fourth-order valence-electron chi connectivity index (χ4n) is 2.21. The van der Waals surface area contributed by atoms with Crippen molar-refractivity contribution in [3.05, 3.63) is 0 Å². The Kier molecular flexibility index (Phi) is 7.69. The van der Waals surface area contributed by atoms with E-state index < -0.39 is 49.1 Å². The molecule has 0 bridgehead atoms. The van der Waals surface area contributed by atoms with E-state index in [9.17, 15) is 19.8 Å². The average Bonchev–Trinajstić information content (AvgIpc) is 2.45. The van der Waals surface area contributed by atoms with Crippen molar-refractivity contribution in [2.75, 3.05) is 13.2 Å². The minimum atomic E-state index is -1.34. The highest BCUT2D eigenvalue weighted by molar-refractivity contribution is 5.73. The Morgan fingerprint density at radius 2 is 1.95 bits per heavy atom. The Balaban J connectivity index is 2.57. The maximum atomic E-state index is 11.2. The number of hydrogen-bond donors (Lipinski definition) is 5. The molecule has 2 amide bonds. The van der Waals surface area contributed by atoms with Crippen molar-refractivity contribution < 1.29 is 34.4 Å². The molecule has 1 fully saturated rings. The van der Waals surface area contributed by atoms with E-state index in [1.807, 2.05) is 0 Å². The summed E-state index contributed by atoms with van der Waals surface area (Å²) in [6.45, 7) is 0.989. The first kappa shape index (κ1) is 18.8. The lowest BCUT2D eigenvalue weighted by Crippen LogP contribution is -2.64. The highest BCUT2D eigenvalue weighted by Crippen LogP contribution is 2.22. The zero-order chi connectivity index (χ0) is 16.7. The van der Waals surface area contributed by atoms with Gasteiger partial charge in [-0.25, -0.2) is 0 Å². The molecule has 128 valence electrons. The van der Waals surface area contributed by atoms with Crippen LogP contribution in [-0.4, -0.2) is 71.0 Å². The second-order valence-electron chi connectivity index (χ2n) is 5.23. The van der Waals surface area contributed by atoms with Crippen molar-refractivity contribution in [3.8, 4) is 0 Å². The quantitative estimate of drug-likeness (QED) is 0.313. The predicted octanol–water partition coefficient (Wildman–Crippen LogP) is -2.40. The highest BCUT2D eigenvalue weighted by atomic mass is 16.7. The highest BCUT2D eigenvalue weighted by Gasteiger charge is 2.45. The molecule has 1 heterocycles. The monoisotopic (exact) mass is 320 g/mol. The molecule has 1 saturated heterocycles. The van der Waals surface area contributed by atoms with E-state index in [0.29, 0.717) is 12.8 Å². The zero-order valence-corrected chi connectivity index (χ0v) is 12.5. The van der Waals surface area contributed by atoms with Gasteiger partial charge in [0.15, 0.2) is 6.29 Å². The van der Waals surface area contributed by atoms with Gasteiger partial charge in [-0.15, -0.1) is 0 Å². The van der Waals surface area contributed by atoms with Gasteiger partial charge in [-0.1, -0.05) is 0 Å². The molecule has 1 aliphatic rings. The van der Waals surface area contributed by atoms with Crippen LogP contribution in [0.2, 0.25) is 0 Å². The molecule has 0 spiro atoms. The average molecular weight is 320 g/mol. The first-order valence-electron chi connectivity index (χ1n) is 7.16. The maximum Gasteiger partial charge on any atom is 0.217 e. The van der Waals surface area contributed by atoms with E-state index in [1.165, 1.54) is 6.92 Å². The van der Waals surface area contributed by atoms with Gasteiger partial charge in [0.05, 0.1) is 6.61 Å². The minimum absolute atomic E-state index is 0.217. The Morgan fingerprint density at radius 1 is 1.27 bits per heavy atom. The standard InChI is InChI=1S/C13H24N2O7/c1-7(17)15-10-12(20)11(19)8(6-16)22-13(10)21-5-3-2-4-9(14)18/h8,10-13,16,19-20H,2-6H2,1H3,(H2,14,18)(H,15,17)/t8-,10-,11+,12-,13-/m1/s1. The van der Waals surface area contributed by atoms with E-state index >= 15 is 0 Å². The molecule has 0 aromatic heterocycles. The smallest absolute Gasteiger partial charge is 0.217 e. The molecule has 6 N–H and O–H groups in total. The van der Waals surface area contributed by atoms with E-state index in [4.69, 9.17) is 20.3 Å². The molecule has 0 unspecified atom stereocenters. The third-order valence-corrected chi connectivity index (χ3v) is 3.35. The van der Waals surface area contributed by atoms with Gasteiger partial charge in [-0.3, -0.25) is 9.59 Å². The second-order valence-corrected chi connectivity index (χ2v) is 5.23. The number of aliphatic hydroxyl groups excluding tert-OH is 3. The molecule has 5 atom stereocenters. The molecule has 1 aliphatic heterocycles. The molecule has 9 heteroatoms. The minimum Gasteiger partial charge on any atom is -0.394 e. The summed E-state index contributed by atoms with van der Waals surface area (Å²) >= 11 is 0. The molecule has 0 aliphatic carbocycles. The number of aliphatic hydroxyl groups is 3. The van der Waals surface area contributed by atoms with Crippen LogP contribution in [0, 0.1) is 0 Å². The van der Waals surface area contributed by atoms with Crippen LogP contribution in [0.4, 0.5) is 0 Å². The lowest BCUT2D eigenvalue weighted by Gasteiger charge is -2.42. The molecular weight excluding hydrogens is 296 g/mol. The molecule has 0 aromatic carbocycles. The Morgan fingerprint density at radius 3 is 2.50 bits per heavy atom. The number of ether oxygens (including phenoxy) is 2. The Bertz CT molecular complexity index is 379. The summed E-state index contributed by atoms with van der Waals surface area (Å²) in [5.74, 6) is -0.812. The summed E-state index contributed by atoms with van der Waals surface area (Å²) in [5.41, 5.74) is 5.02. The van der Waals surface area contributed by atoms with Gasteiger partial charge in [-0.05, 0) is 12.8 Å². The van der Waals surface area contributed by atoms with Crippen LogP contribution in [0.15, 0.2) is 0 Å². The van der Waals surface area contributed by atoms with Crippen LogP contribution >= 0.6 is 0 Å². The van der Waals surface area contributed by atoms with Crippen LogP contribution in [0.3, 0.4) is 0 Å². The van der Waals surface area contributed by atoms with Gasteiger partial charge in [-0.2, -0.15) is 0 Å². The predicted molar refractivity (Wildman–Crippen MR) is 74.4 cm³/mol. The van der Waals surface area contributed by atoms with Crippen LogP contribution < -0.4 is 11.1 Å². The normalized spacial score (nSPS) is 31.7. The maximum absolute atomic E-state index is 11.2. The Labute approximate surface area is 128 Å². The summed E-state index contributed by atoms with van der Waals surface area (Å²) in [5, 5.41) is 31.5. The molecule has 9 nitrogen and oxygen atoms in total. The van der Waals surface area contributed by atoms with Gasteiger partial charge >= 0.3 is 0 Å². The number of primary amides is 1. The van der Waals surface area contributed by atoms with Crippen LogP contribution in [-0.2, 0) is 19.1 Å². The van der Waals surface area contributed by atoms with Gasteiger partial charge in [0.1, 0.15) is 24.4 Å². The van der Waals surface area contributed by atoms with Crippen LogP contribution in [0.5, 0.6) is 0 Å². The fourth-order valence-corrected chi connectivity index (χ4v) is 2.21. The number of nitrogens with two attached hydrogens (primary N) is 1. The van der Waals surface area contributed by atoms with Crippen molar-refractivity contribution in [2.45, 2.75) is 56.8 Å². The first-order valence-corrected chi connectivity index (χ1v) is 7.16. The summed E-state index contributed by atoms with van der Waals surface area (Å²) < 4.78 is 10.8. The van der Waals surface area contributed by atoms with Crippen LogP contribution in [0.1, 0.15) is 26.2 Å². The third-order valence-electron chi connectivity index (χ3n) is 3.35. The number of hydrogen-bond acceptors (Lipinski definition) is 7. The van der Waals surface area contributed by atoms with Crippen LogP contribution in [0.25, 0.3) is 0 Å². The number of nitrogens with one attached hydrogen (secondary N) is 1. The molecule has 1 rings (SSSR count). The largest absolute Gasteiger partial charge is 0.394 e. The number of carbonyl (C=O) groups excluding carboxylic acids is 2.